The molecule has 5 N–H and O–H groups in total. The van der Waals surface area contributed by atoms with Gasteiger partial charge in [0.15, 0.2) is 5.82 Å². The first-order valence-corrected chi connectivity index (χ1v) is 13.3. The summed E-state index contributed by atoms with van der Waals surface area (Å²) in [6.07, 6.45) is 6.39. The number of nitrogens with two attached hydrogens (primary N) is 2. The lowest BCUT2D eigenvalue weighted by molar-refractivity contribution is -0.0311. The first kappa shape index (κ1) is 25.1. The maximum Gasteiger partial charge on any atom is 0.172 e. The zero-order valence-corrected chi connectivity index (χ0v) is 22.0. The Morgan fingerprint density at radius 3 is 2.57 bits per heavy atom. The van der Waals surface area contributed by atoms with Crippen molar-refractivity contribution < 1.29 is 14.4 Å². The third kappa shape index (κ3) is 5.26. The number of hydrogen-bond donors (Lipinski definition) is 3. The molecule has 7 nitrogen and oxygen atoms in total. The van der Waals surface area contributed by atoms with E-state index >= 15 is 0 Å². The van der Waals surface area contributed by atoms with Crippen molar-refractivity contribution in [3.8, 4) is 11.5 Å². The molecule has 1 aliphatic carbocycles. The van der Waals surface area contributed by atoms with E-state index in [1.165, 1.54) is 0 Å². The van der Waals surface area contributed by atoms with E-state index in [0.717, 1.165) is 61.7 Å². The molecule has 1 unspecified atom stereocenters. The Balaban J connectivity index is 1.17. The molecule has 0 radical (unpaired) electrons. The van der Waals surface area contributed by atoms with Gasteiger partial charge in [-0.1, -0.05) is 38.1 Å². The van der Waals surface area contributed by atoms with E-state index in [4.69, 9.17) is 20.7 Å². The summed E-state index contributed by atoms with van der Waals surface area (Å²) in [6, 6.07) is 14.8. The second kappa shape index (κ2) is 10.0. The Morgan fingerprint density at radius 2 is 1.86 bits per heavy atom. The molecule has 7 heteroatoms. The monoisotopic (exact) mass is 502 g/mol. The molecule has 2 aliphatic rings. The molecule has 2 fully saturated rings. The number of nitrogen functional groups attached to an aromatic ring is 1. The van der Waals surface area contributed by atoms with Gasteiger partial charge >= 0.3 is 0 Å². The lowest BCUT2D eigenvalue weighted by Gasteiger charge is -2.51. The van der Waals surface area contributed by atoms with E-state index in [1.807, 2.05) is 24.3 Å². The number of aromatic hydroxyl groups is 1. The molecule has 1 saturated carbocycles. The molecule has 1 atom stereocenters. The summed E-state index contributed by atoms with van der Waals surface area (Å²) in [7, 11) is 0. The number of aromatic nitrogens is 1. The Morgan fingerprint density at radius 1 is 1.14 bits per heavy atom. The molecule has 0 bridgehead atoms. The normalized spacial score (nSPS) is 18.7. The Hall–Kier alpha value is -3.61. The van der Waals surface area contributed by atoms with Gasteiger partial charge in [0.05, 0.1) is 6.10 Å². The van der Waals surface area contributed by atoms with Gasteiger partial charge in [-0.2, -0.15) is 0 Å². The van der Waals surface area contributed by atoms with Crippen LogP contribution in [0.4, 0.5) is 11.5 Å². The number of benzene rings is 2. The zero-order chi connectivity index (χ0) is 26.2. The minimum atomic E-state index is 0.141. The summed E-state index contributed by atoms with van der Waals surface area (Å²) in [5.74, 6) is 3.77. The third-order valence-corrected chi connectivity index (χ3v) is 8.32. The van der Waals surface area contributed by atoms with Crippen LogP contribution in [0.15, 0.2) is 53.1 Å². The van der Waals surface area contributed by atoms with Gasteiger partial charge < -0.3 is 30.7 Å². The number of nitrogens with zero attached hydrogens (tertiary/aromatic N) is 2. The van der Waals surface area contributed by atoms with Gasteiger partial charge in [-0.25, -0.2) is 0 Å². The minimum Gasteiger partial charge on any atom is -0.507 e. The van der Waals surface area contributed by atoms with Crippen LogP contribution in [0.3, 0.4) is 0 Å². The minimum absolute atomic E-state index is 0.141. The van der Waals surface area contributed by atoms with Gasteiger partial charge in [-0.15, -0.1) is 0 Å². The molecule has 37 heavy (non-hydrogen) atoms. The van der Waals surface area contributed by atoms with Crippen LogP contribution in [0.2, 0.25) is 0 Å². The molecule has 1 spiro atoms. The summed E-state index contributed by atoms with van der Waals surface area (Å²) in [5.41, 5.74) is 15.2. The van der Waals surface area contributed by atoms with Gasteiger partial charge in [0.1, 0.15) is 17.3 Å². The summed E-state index contributed by atoms with van der Waals surface area (Å²) in [5, 5.41) is 14.5. The van der Waals surface area contributed by atoms with Crippen molar-refractivity contribution in [2.45, 2.75) is 58.5 Å². The van der Waals surface area contributed by atoms with Crippen molar-refractivity contribution in [2.75, 3.05) is 23.7 Å². The molecule has 0 amide bonds. The highest BCUT2D eigenvalue weighted by atomic mass is 16.5. The van der Waals surface area contributed by atoms with E-state index < -0.39 is 0 Å². The summed E-state index contributed by atoms with van der Waals surface area (Å²) < 4.78 is 12.0. The SMILES string of the molecule is CC(C)C(C)c1cc(N2CCC3(CC2)CC(Oc2ccc(N)c(/C=C(\N)c4ccccc4O)c2)C3)no1. The van der Waals surface area contributed by atoms with Crippen molar-refractivity contribution in [1.82, 2.24) is 5.16 Å². The quantitative estimate of drug-likeness (QED) is 0.268. The number of anilines is 2. The highest BCUT2D eigenvalue weighted by Crippen LogP contribution is 2.51. The Labute approximate surface area is 219 Å². The van der Waals surface area contributed by atoms with Gasteiger partial charge in [0.25, 0.3) is 0 Å². The average molecular weight is 503 g/mol. The Kier molecular flexibility index (Phi) is 6.80. The van der Waals surface area contributed by atoms with E-state index in [9.17, 15) is 5.11 Å². The number of phenols is 1. The molecule has 1 aliphatic heterocycles. The van der Waals surface area contributed by atoms with Crippen LogP contribution in [0.1, 0.15) is 69.3 Å². The van der Waals surface area contributed by atoms with Crippen LogP contribution in [-0.4, -0.2) is 29.5 Å². The van der Waals surface area contributed by atoms with Gasteiger partial charge in [-0.05, 0) is 73.4 Å². The largest absolute Gasteiger partial charge is 0.507 e. The molecule has 1 aromatic heterocycles. The smallest absolute Gasteiger partial charge is 0.172 e. The van der Waals surface area contributed by atoms with Crippen molar-refractivity contribution >= 4 is 23.3 Å². The van der Waals surface area contributed by atoms with Gasteiger partial charge in [0, 0.05) is 47.6 Å². The predicted octanol–water partition coefficient (Wildman–Crippen LogP) is 6.01. The summed E-state index contributed by atoms with van der Waals surface area (Å²) in [4.78, 5) is 2.35. The lowest BCUT2D eigenvalue weighted by atomic mass is 9.61. The van der Waals surface area contributed by atoms with Crippen molar-refractivity contribution in [3.63, 3.8) is 0 Å². The zero-order valence-electron chi connectivity index (χ0n) is 22.0. The van der Waals surface area contributed by atoms with Crippen LogP contribution >= 0.6 is 0 Å². The van der Waals surface area contributed by atoms with Crippen molar-refractivity contribution in [3.05, 3.63) is 65.4 Å². The Bertz CT molecular complexity index is 1270. The topological polar surface area (TPSA) is 111 Å². The van der Waals surface area contributed by atoms with Crippen molar-refractivity contribution in [1.29, 1.82) is 0 Å². The van der Waals surface area contributed by atoms with Gasteiger partial charge in [0.2, 0.25) is 0 Å². The number of piperidine rings is 1. The van der Waals surface area contributed by atoms with E-state index in [2.05, 4.69) is 36.9 Å². The molecule has 3 aromatic rings. The highest BCUT2D eigenvalue weighted by molar-refractivity contribution is 5.85. The number of para-hydroxylation sites is 1. The predicted molar refractivity (Wildman–Crippen MR) is 148 cm³/mol. The number of phenolic OH excluding ortho intramolecular Hbond substituents is 1. The second-order valence-electron chi connectivity index (χ2n) is 11.2. The molecule has 2 aromatic carbocycles. The molecule has 5 rings (SSSR count). The number of hydrogen-bond acceptors (Lipinski definition) is 7. The first-order valence-electron chi connectivity index (χ1n) is 13.3. The van der Waals surface area contributed by atoms with Crippen molar-refractivity contribution in [2.24, 2.45) is 17.1 Å². The fourth-order valence-electron chi connectivity index (χ4n) is 5.49. The maximum atomic E-state index is 10.1. The van der Waals surface area contributed by atoms with E-state index in [1.54, 1.807) is 24.3 Å². The maximum absolute atomic E-state index is 10.1. The second-order valence-corrected chi connectivity index (χ2v) is 11.2. The number of rotatable bonds is 7. The lowest BCUT2D eigenvalue weighted by Crippen LogP contribution is -2.51. The van der Waals surface area contributed by atoms with E-state index in [-0.39, 0.29) is 11.9 Å². The van der Waals surface area contributed by atoms with Crippen LogP contribution in [0, 0.1) is 11.3 Å². The van der Waals surface area contributed by atoms with Crippen LogP contribution in [0.5, 0.6) is 11.5 Å². The summed E-state index contributed by atoms with van der Waals surface area (Å²) in [6.45, 7) is 8.60. The van der Waals surface area contributed by atoms with Crippen LogP contribution in [0.25, 0.3) is 11.8 Å². The molecule has 2 heterocycles. The first-order chi connectivity index (χ1) is 17.7. The molecule has 1 saturated heterocycles. The molecule has 196 valence electrons. The highest BCUT2D eigenvalue weighted by Gasteiger charge is 2.47. The number of ether oxygens (including phenoxy) is 1. The molecular weight excluding hydrogens is 464 g/mol. The fourth-order valence-corrected chi connectivity index (χ4v) is 5.49. The fraction of sp³-hybridized carbons (Fsp3) is 0.433. The van der Waals surface area contributed by atoms with Crippen LogP contribution in [-0.2, 0) is 0 Å². The summed E-state index contributed by atoms with van der Waals surface area (Å²) >= 11 is 0. The standard InChI is InChI=1S/C30H38N4O3/c1-19(2)20(3)28-16-29(33-37-28)34-12-10-30(11-13-34)17-23(18-30)36-22-8-9-25(31)21(14-22)15-26(32)24-6-4-5-7-27(24)35/h4-9,14-16,19-20,23,35H,10-13,17-18,31-32H2,1-3H3/b26-15-. The van der Waals surface area contributed by atoms with Crippen LogP contribution < -0.4 is 21.1 Å². The molecular formula is C30H38N4O3. The average Bonchev–Trinajstić information content (AvgIpc) is 3.35. The van der Waals surface area contributed by atoms with Gasteiger partial charge in [-0.3, -0.25) is 0 Å². The third-order valence-electron chi connectivity index (χ3n) is 8.32. The van der Waals surface area contributed by atoms with E-state index in [0.29, 0.717) is 34.2 Å².